The van der Waals surface area contributed by atoms with Crippen LogP contribution in [0.15, 0.2) is 18.5 Å². The number of ether oxygens (including phenoxy) is 1. The number of nitrogens with zero attached hydrogens (tertiary/aromatic N) is 4. The predicted octanol–water partition coefficient (Wildman–Crippen LogP) is 2.68. The highest BCUT2D eigenvalue weighted by atomic mass is 19.1. The van der Waals surface area contributed by atoms with Crippen LogP contribution in [0.2, 0.25) is 0 Å². The molecule has 21 heavy (non-hydrogen) atoms. The van der Waals surface area contributed by atoms with Crippen molar-refractivity contribution >= 4 is 5.95 Å². The Labute approximate surface area is 122 Å². The molecule has 112 valence electrons. The summed E-state index contributed by atoms with van der Waals surface area (Å²) < 4.78 is 18.7. The molecular formula is C14H18FN5O. The largest absolute Gasteiger partial charge is 0.463 e. The summed E-state index contributed by atoms with van der Waals surface area (Å²) in [6.45, 7) is 5.28. The molecule has 0 fully saturated rings. The van der Waals surface area contributed by atoms with Gasteiger partial charge in [0.25, 0.3) is 0 Å². The number of nitrogens with one attached hydrogen (secondary N) is 1. The Balaban J connectivity index is 2.33. The monoisotopic (exact) mass is 291 g/mol. The summed E-state index contributed by atoms with van der Waals surface area (Å²) in [5, 5.41) is 3.08. The van der Waals surface area contributed by atoms with Crippen molar-refractivity contribution in [2.45, 2.75) is 26.7 Å². The van der Waals surface area contributed by atoms with E-state index in [0.717, 1.165) is 25.6 Å². The highest BCUT2D eigenvalue weighted by Gasteiger charge is 2.10. The van der Waals surface area contributed by atoms with Crippen LogP contribution < -0.4 is 10.1 Å². The molecule has 0 saturated heterocycles. The van der Waals surface area contributed by atoms with Crippen LogP contribution in [-0.2, 0) is 0 Å². The zero-order chi connectivity index (χ0) is 15.1. The standard InChI is InChI=1S/C14H18FN5O/c1-3-5-17-13-18-12(10-7-11(15)9-16-8-10)19-14(20-13)21-6-4-2/h7-9H,3-6H2,1-2H3,(H,17,18,19,20). The van der Waals surface area contributed by atoms with Crippen molar-refractivity contribution < 1.29 is 9.13 Å². The molecule has 2 heterocycles. The van der Waals surface area contributed by atoms with Gasteiger partial charge in [-0.15, -0.1) is 0 Å². The van der Waals surface area contributed by atoms with E-state index in [-0.39, 0.29) is 6.01 Å². The fraction of sp³-hybridized carbons (Fsp3) is 0.429. The quantitative estimate of drug-likeness (QED) is 0.845. The topological polar surface area (TPSA) is 72.8 Å². The molecular weight excluding hydrogens is 273 g/mol. The first kappa shape index (κ1) is 15.1. The van der Waals surface area contributed by atoms with Gasteiger partial charge in [-0.05, 0) is 18.9 Å². The zero-order valence-corrected chi connectivity index (χ0v) is 12.1. The molecule has 2 rings (SSSR count). The van der Waals surface area contributed by atoms with Crippen LogP contribution in [0, 0.1) is 5.82 Å². The molecule has 2 aromatic rings. The second-order valence-corrected chi connectivity index (χ2v) is 4.43. The van der Waals surface area contributed by atoms with Gasteiger partial charge in [-0.1, -0.05) is 13.8 Å². The molecule has 1 N–H and O–H groups in total. The molecule has 0 radical (unpaired) electrons. The minimum atomic E-state index is -0.438. The average Bonchev–Trinajstić information content (AvgIpc) is 2.50. The van der Waals surface area contributed by atoms with Gasteiger partial charge in [0.05, 0.1) is 12.8 Å². The number of halogens is 1. The van der Waals surface area contributed by atoms with Crippen LogP contribution >= 0.6 is 0 Å². The van der Waals surface area contributed by atoms with E-state index < -0.39 is 5.82 Å². The molecule has 0 bridgehead atoms. The van der Waals surface area contributed by atoms with Crippen LogP contribution in [0.3, 0.4) is 0 Å². The molecule has 0 spiro atoms. The van der Waals surface area contributed by atoms with E-state index in [2.05, 4.69) is 25.3 Å². The SMILES string of the molecule is CCCNc1nc(OCCC)nc(-c2cncc(F)c2)n1. The van der Waals surface area contributed by atoms with Crippen molar-refractivity contribution in [3.8, 4) is 17.4 Å². The Hall–Kier alpha value is -2.31. The Morgan fingerprint density at radius 2 is 2.00 bits per heavy atom. The van der Waals surface area contributed by atoms with Crippen LogP contribution in [-0.4, -0.2) is 33.1 Å². The third-order valence-electron chi connectivity index (χ3n) is 2.55. The number of hydrogen-bond acceptors (Lipinski definition) is 6. The van der Waals surface area contributed by atoms with Crippen molar-refractivity contribution in [2.75, 3.05) is 18.5 Å². The highest BCUT2D eigenvalue weighted by Crippen LogP contribution is 2.18. The van der Waals surface area contributed by atoms with E-state index in [9.17, 15) is 4.39 Å². The molecule has 6 nitrogen and oxygen atoms in total. The maximum atomic E-state index is 13.3. The molecule has 0 saturated carbocycles. The number of aromatic nitrogens is 4. The summed E-state index contributed by atoms with van der Waals surface area (Å²) in [7, 11) is 0. The maximum absolute atomic E-state index is 13.3. The third-order valence-corrected chi connectivity index (χ3v) is 2.55. The Bertz CT molecular complexity index is 567. The van der Waals surface area contributed by atoms with Gasteiger partial charge in [0, 0.05) is 18.3 Å². The maximum Gasteiger partial charge on any atom is 0.321 e. The van der Waals surface area contributed by atoms with Crippen molar-refractivity contribution in [3.05, 3.63) is 24.3 Å². The van der Waals surface area contributed by atoms with Gasteiger partial charge in [-0.3, -0.25) is 4.98 Å². The summed E-state index contributed by atoms with van der Waals surface area (Å²) in [4.78, 5) is 16.5. The highest BCUT2D eigenvalue weighted by molar-refractivity contribution is 5.55. The first-order valence-corrected chi connectivity index (χ1v) is 6.96. The number of pyridine rings is 1. The molecule has 0 aliphatic carbocycles. The van der Waals surface area contributed by atoms with Gasteiger partial charge in [0.1, 0.15) is 5.82 Å². The molecule has 7 heteroatoms. The van der Waals surface area contributed by atoms with Gasteiger partial charge >= 0.3 is 6.01 Å². The number of anilines is 1. The fourth-order valence-corrected chi connectivity index (χ4v) is 1.59. The number of rotatable bonds is 7. The van der Waals surface area contributed by atoms with Crippen LogP contribution in [0.1, 0.15) is 26.7 Å². The van der Waals surface area contributed by atoms with Crippen molar-refractivity contribution in [3.63, 3.8) is 0 Å². The summed E-state index contributed by atoms with van der Waals surface area (Å²) in [6, 6.07) is 1.56. The predicted molar refractivity (Wildman–Crippen MR) is 77.6 cm³/mol. The van der Waals surface area contributed by atoms with Crippen LogP contribution in [0.5, 0.6) is 6.01 Å². The van der Waals surface area contributed by atoms with Gasteiger partial charge in [0.2, 0.25) is 5.95 Å². The second kappa shape index (κ2) is 7.47. The summed E-state index contributed by atoms with van der Waals surface area (Å²) >= 11 is 0. The number of hydrogen-bond donors (Lipinski definition) is 1. The smallest absolute Gasteiger partial charge is 0.321 e. The molecule has 0 aromatic carbocycles. The zero-order valence-electron chi connectivity index (χ0n) is 12.1. The summed E-state index contributed by atoms with van der Waals surface area (Å²) in [6.07, 6.45) is 4.43. The van der Waals surface area contributed by atoms with Crippen molar-refractivity contribution in [1.82, 2.24) is 19.9 Å². The van der Waals surface area contributed by atoms with E-state index in [0.29, 0.717) is 23.9 Å². The Morgan fingerprint density at radius 1 is 1.14 bits per heavy atom. The van der Waals surface area contributed by atoms with Gasteiger partial charge < -0.3 is 10.1 Å². The molecule has 0 amide bonds. The lowest BCUT2D eigenvalue weighted by Crippen LogP contribution is -2.09. The normalized spacial score (nSPS) is 10.4. The van der Waals surface area contributed by atoms with E-state index in [1.807, 2.05) is 13.8 Å². The lowest BCUT2D eigenvalue weighted by Gasteiger charge is -2.08. The second-order valence-electron chi connectivity index (χ2n) is 4.43. The Kier molecular flexibility index (Phi) is 5.36. The lowest BCUT2D eigenvalue weighted by atomic mass is 10.2. The van der Waals surface area contributed by atoms with E-state index in [1.165, 1.54) is 12.3 Å². The first-order valence-electron chi connectivity index (χ1n) is 6.96. The molecule has 0 aliphatic rings. The molecule has 0 aliphatic heterocycles. The molecule has 0 unspecified atom stereocenters. The van der Waals surface area contributed by atoms with Crippen LogP contribution in [0.25, 0.3) is 11.4 Å². The molecule has 2 aromatic heterocycles. The fourth-order valence-electron chi connectivity index (χ4n) is 1.59. The van der Waals surface area contributed by atoms with E-state index in [4.69, 9.17) is 4.74 Å². The van der Waals surface area contributed by atoms with Gasteiger partial charge in [-0.2, -0.15) is 15.0 Å². The average molecular weight is 291 g/mol. The first-order chi connectivity index (χ1) is 10.2. The Morgan fingerprint density at radius 3 is 2.71 bits per heavy atom. The minimum Gasteiger partial charge on any atom is -0.463 e. The van der Waals surface area contributed by atoms with E-state index >= 15 is 0 Å². The summed E-state index contributed by atoms with van der Waals surface area (Å²) in [5.41, 5.74) is 0.485. The van der Waals surface area contributed by atoms with Crippen molar-refractivity contribution in [1.29, 1.82) is 0 Å². The van der Waals surface area contributed by atoms with Gasteiger partial charge in [-0.25, -0.2) is 4.39 Å². The van der Waals surface area contributed by atoms with Crippen LogP contribution in [0.4, 0.5) is 10.3 Å². The lowest BCUT2D eigenvalue weighted by molar-refractivity contribution is 0.292. The summed E-state index contributed by atoms with van der Waals surface area (Å²) in [5.74, 6) is 0.311. The van der Waals surface area contributed by atoms with Gasteiger partial charge in [0.15, 0.2) is 5.82 Å². The van der Waals surface area contributed by atoms with E-state index in [1.54, 1.807) is 0 Å². The third kappa shape index (κ3) is 4.34. The molecule has 0 atom stereocenters. The minimum absolute atomic E-state index is 0.227. The van der Waals surface area contributed by atoms with Crippen molar-refractivity contribution in [2.24, 2.45) is 0 Å².